The highest BCUT2D eigenvalue weighted by Gasteiger charge is 2.20. The van der Waals surface area contributed by atoms with E-state index in [0.29, 0.717) is 11.3 Å². The number of nitrogens with one attached hydrogen (secondary N) is 1. The predicted octanol–water partition coefficient (Wildman–Crippen LogP) is 4.88. The summed E-state index contributed by atoms with van der Waals surface area (Å²) in [5.41, 5.74) is 9.62. The van der Waals surface area contributed by atoms with E-state index in [-0.39, 0.29) is 11.2 Å². The third-order valence-corrected chi connectivity index (χ3v) is 6.78. The number of nitrogens with two attached hydrogens (primary N) is 1. The Morgan fingerprint density at radius 1 is 1.06 bits per heavy atom. The lowest BCUT2D eigenvalue weighted by atomic mass is 10.1. The van der Waals surface area contributed by atoms with Crippen LogP contribution in [0.15, 0.2) is 65.3 Å². The summed E-state index contributed by atoms with van der Waals surface area (Å²) in [6.07, 6.45) is 1.53. The summed E-state index contributed by atoms with van der Waals surface area (Å²) in [4.78, 5) is 33.7. The molecule has 0 saturated heterocycles. The third-order valence-electron chi connectivity index (χ3n) is 4.79. The average molecular weight is 449 g/mol. The Balaban J connectivity index is 1.56. The number of thioether (sulfide) groups is 1. The zero-order valence-corrected chi connectivity index (χ0v) is 18.6. The molecule has 0 aliphatic heterocycles. The summed E-state index contributed by atoms with van der Waals surface area (Å²) < 4.78 is 0. The number of thiophene rings is 1. The Kier molecular flexibility index (Phi) is 6.01. The van der Waals surface area contributed by atoms with Gasteiger partial charge in [-0.1, -0.05) is 41.6 Å². The molecular formula is C23H20N4O2S2. The Morgan fingerprint density at radius 2 is 1.77 bits per heavy atom. The lowest BCUT2D eigenvalue weighted by molar-refractivity contribution is -0.115. The van der Waals surface area contributed by atoms with Gasteiger partial charge >= 0.3 is 0 Å². The Labute approximate surface area is 187 Å². The van der Waals surface area contributed by atoms with Gasteiger partial charge in [0.15, 0.2) is 0 Å². The van der Waals surface area contributed by atoms with E-state index < -0.39 is 5.91 Å². The second-order valence-corrected chi connectivity index (χ2v) is 9.25. The number of rotatable bonds is 6. The molecule has 31 heavy (non-hydrogen) atoms. The lowest BCUT2D eigenvalue weighted by Gasteiger charge is -2.13. The number of amides is 2. The fraction of sp³-hybridized carbons (Fsp3) is 0.130. The summed E-state index contributed by atoms with van der Waals surface area (Å²) in [6.45, 7) is 3.89. The zero-order valence-electron chi connectivity index (χ0n) is 17.0. The molecule has 4 rings (SSSR count). The highest BCUT2D eigenvalue weighted by molar-refractivity contribution is 8.00. The molecule has 3 N–H and O–H groups in total. The van der Waals surface area contributed by atoms with Crippen molar-refractivity contribution < 1.29 is 9.59 Å². The highest BCUT2D eigenvalue weighted by atomic mass is 32.2. The van der Waals surface area contributed by atoms with Crippen molar-refractivity contribution in [2.24, 2.45) is 5.73 Å². The molecule has 0 bridgehead atoms. The lowest BCUT2D eigenvalue weighted by Crippen LogP contribution is -2.22. The van der Waals surface area contributed by atoms with E-state index in [0.717, 1.165) is 26.4 Å². The topological polar surface area (TPSA) is 98.0 Å². The summed E-state index contributed by atoms with van der Waals surface area (Å²) in [7, 11) is 0. The molecule has 156 valence electrons. The van der Waals surface area contributed by atoms with E-state index in [9.17, 15) is 9.59 Å². The maximum Gasteiger partial charge on any atom is 0.248 e. The number of hydrogen-bond donors (Lipinski definition) is 2. The van der Waals surface area contributed by atoms with E-state index in [1.54, 1.807) is 35.6 Å². The highest BCUT2D eigenvalue weighted by Crippen LogP contribution is 2.39. The van der Waals surface area contributed by atoms with Crippen molar-refractivity contribution in [2.45, 2.75) is 24.1 Å². The second-order valence-electron chi connectivity index (χ2n) is 7.07. The van der Waals surface area contributed by atoms with Gasteiger partial charge in [-0.15, -0.1) is 11.3 Å². The monoisotopic (exact) mass is 448 g/mol. The SMILES string of the molecule is Cc1ccc(-c2csc3ncnc(S[C@H](C)C(=O)Nc4ccc(C(N)=O)cc4)c23)cc1. The molecule has 0 saturated carbocycles. The number of anilines is 1. The first kappa shape index (κ1) is 21.0. The molecule has 8 heteroatoms. The summed E-state index contributed by atoms with van der Waals surface area (Å²) in [5, 5.41) is 6.30. The van der Waals surface area contributed by atoms with Gasteiger partial charge in [-0.25, -0.2) is 9.97 Å². The van der Waals surface area contributed by atoms with Gasteiger partial charge in [0.1, 0.15) is 16.2 Å². The molecule has 1 atom stereocenters. The molecule has 6 nitrogen and oxygen atoms in total. The van der Waals surface area contributed by atoms with Crippen LogP contribution in [0.2, 0.25) is 0 Å². The molecule has 4 aromatic rings. The zero-order chi connectivity index (χ0) is 22.0. The van der Waals surface area contributed by atoms with Crippen LogP contribution in [0.5, 0.6) is 0 Å². The molecule has 0 unspecified atom stereocenters. The smallest absolute Gasteiger partial charge is 0.248 e. The normalized spacial score (nSPS) is 11.9. The molecular weight excluding hydrogens is 428 g/mol. The van der Waals surface area contributed by atoms with E-state index in [1.165, 1.54) is 23.7 Å². The molecule has 2 aromatic carbocycles. The van der Waals surface area contributed by atoms with Gasteiger partial charge in [0.25, 0.3) is 0 Å². The minimum absolute atomic E-state index is 0.157. The van der Waals surface area contributed by atoms with Gasteiger partial charge in [0, 0.05) is 22.2 Å². The van der Waals surface area contributed by atoms with Crippen LogP contribution in [0.3, 0.4) is 0 Å². The standard InChI is InChI=1S/C23H20N4O2S2/c1-13-3-5-15(6-4-13)18-11-30-22-19(18)23(26-12-25-22)31-14(2)21(29)27-17-9-7-16(8-10-17)20(24)28/h3-12,14H,1-2H3,(H2,24,28)(H,27,29)/t14-/m1/s1. The van der Waals surface area contributed by atoms with Crippen LogP contribution in [0, 0.1) is 6.92 Å². The van der Waals surface area contributed by atoms with Crippen molar-refractivity contribution in [3.05, 3.63) is 71.4 Å². The van der Waals surface area contributed by atoms with Gasteiger partial charge in [-0.3, -0.25) is 9.59 Å². The molecule has 0 radical (unpaired) electrons. The van der Waals surface area contributed by atoms with Gasteiger partial charge < -0.3 is 11.1 Å². The molecule has 0 fully saturated rings. The number of benzene rings is 2. The van der Waals surface area contributed by atoms with Gasteiger partial charge in [-0.2, -0.15) is 0 Å². The van der Waals surface area contributed by atoms with E-state index >= 15 is 0 Å². The minimum atomic E-state index is -0.505. The van der Waals surface area contributed by atoms with E-state index in [2.05, 4.69) is 51.9 Å². The fourth-order valence-electron chi connectivity index (χ4n) is 3.07. The number of aromatic nitrogens is 2. The van der Waals surface area contributed by atoms with Crippen LogP contribution < -0.4 is 11.1 Å². The van der Waals surface area contributed by atoms with Crippen molar-refractivity contribution in [3.8, 4) is 11.1 Å². The number of hydrogen-bond acceptors (Lipinski definition) is 6. The van der Waals surface area contributed by atoms with Crippen molar-refractivity contribution in [2.75, 3.05) is 5.32 Å². The van der Waals surface area contributed by atoms with Crippen molar-refractivity contribution in [1.29, 1.82) is 0 Å². The van der Waals surface area contributed by atoms with Gasteiger partial charge in [0.05, 0.1) is 10.6 Å². The Bertz CT molecular complexity index is 1250. The summed E-state index contributed by atoms with van der Waals surface area (Å²) >= 11 is 2.96. The number of primary amides is 1. The first-order chi connectivity index (χ1) is 14.9. The molecule has 0 spiro atoms. The number of aryl methyl sites for hydroxylation is 1. The molecule has 2 heterocycles. The fourth-order valence-corrected chi connectivity index (χ4v) is 4.98. The van der Waals surface area contributed by atoms with Gasteiger partial charge in [-0.05, 0) is 43.7 Å². The molecule has 0 aliphatic rings. The summed E-state index contributed by atoms with van der Waals surface area (Å²) in [5.74, 6) is -0.662. The minimum Gasteiger partial charge on any atom is -0.366 e. The molecule has 2 amide bonds. The van der Waals surface area contributed by atoms with Crippen LogP contribution in [-0.4, -0.2) is 27.0 Å². The maximum atomic E-state index is 12.7. The Morgan fingerprint density at radius 3 is 2.45 bits per heavy atom. The third kappa shape index (κ3) is 4.60. The quantitative estimate of drug-likeness (QED) is 0.323. The number of carbonyl (C=O) groups excluding carboxylic acids is 2. The Hall–Kier alpha value is -3.23. The average Bonchev–Trinajstić information content (AvgIpc) is 3.20. The van der Waals surface area contributed by atoms with Crippen molar-refractivity contribution in [3.63, 3.8) is 0 Å². The van der Waals surface area contributed by atoms with Crippen LogP contribution in [0.25, 0.3) is 21.3 Å². The van der Waals surface area contributed by atoms with Crippen molar-refractivity contribution in [1.82, 2.24) is 9.97 Å². The first-order valence-corrected chi connectivity index (χ1v) is 11.3. The predicted molar refractivity (Wildman–Crippen MR) is 126 cm³/mol. The largest absolute Gasteiger partial charge is 0.366 e. The second kappa shape index (κ2) is 8.87. The van der Waals surface area contributed by atoms with E-state index in [1.807, 2.05) is 6.92 Å². The van der Waals surface area contributed by atoms with Crippen molar-refractivity contribution >= 4 is 50.8 Å². The molecule has 2 aromatic heterocycles. The van der Waals surface area contributed by atoms with Gasteiger partial charge in [0.2, 0.25) is 11.8 Å². The van der Waals surface area contributed by atoms with Crippen LogP contribution >= 0.6 is 23.1 Å². The van der Waals surface area contributed by atoms with E-state index in [4.69, 9.17) is 5.73 Å². The number of fused-ring (bicyclic) bond motifs is 1. The van der Waals surface area contributed by atoms with Crippen LogP contribution in [0.1, 0.15) is 22.8 Å². The van der Waals surface area contributed by atoms with Crippen LogP contribution in [0.4, 0.5) is 5.69 Å². The first-order valence-electron chi connectivity index (χ1n) is 9.59. The summed E-state index contributed by atoms with van der Waals surface area (Å²) in [6, 6.07) is 14.8. The number of carbonyl (C=O) groups is 2. The van der Waals surface area contributed by atoms with Crippen LogP contribution in [-0.2, 0) is 4.79 Å². The number of nitrogens with zero attached hydrogens (tertiary/aromatic N) is 2. The molecule has 0 aliphatic carbocycles. The maximum absolute atomic E-state index is 12.7.